The average Bonchev–Trinajstić information content (AvgIpc) is 3.40. The molecule has 4 aromatic rings. The van der Waals surface area contributed by atoms with Gasteiger partial charge in [-0.1, -0.05) is 31.9 Å². The van der Waals surface area contributed by atoms with Crippen LogP contribution in [0.2, 0.25) is 0 Å². The SMILES string of the molecule is Cc1ccn(-c2ccc(Br)cc2C(C(=O)C(c2cc(Br)ccc2-n2ccc(C)n2)C(F)(F)F)C(F)(F)F)n1. The van der Waals surface area contributed by atoms with Crippen molar-refractivity contribution in [3.8, 4) is 11.4 Å². The number of rotatable bonds is 6. The number of hydrogen-bond acceptors (Lipinski definition) is 3. The standard InChI is InChI=1S/C25H18Br2F6N4O/c1-13-7-9-36(34-13)19-5-3-15(26)11-17(19)21(24(28,29)30)23(38)22(25(31,32)33)18-12-16(27)4-6-20(18)37-10-8-14(2)35-37/h3-12,21-22H,1-2H3. The molecular formula is C25H18Br2F6N4O. The fourth-order valence-corrected chi connectivity index (χ4v) is 4.93. The predicted molar refractivity (Wildman–Crippen MR) is 135 cm³/mol. The van der Waals surface area contributed by atoms with E-state index in [1.807, 2.05) is 0 Å². The van der Waals surface area contributed by atoms with Crippen LogP contribution in [0.3, 0.4) is 0 Å². The Morgan fingerprint density at radius 1 is 0.711 bits per heavy atom. The zero-order chi connectivity index (χ0) is 28.0. The van der Waals surface area contributed by atoms with Crippen molar-refractivity contribution in [1.29, 1.82) is 0 Å². The zero-order valence-electron chi connectivity index (χ0n) is 19.6. The van der Waals surface area contributed by atoms with E-state index in [1.54, 1.807) is 13.8 Å². The molecule has 0 N–H and O–H groups in total. The number of halogens is 8. The first-order valence-electron chi connectivity index (χ1n) is 11.0. The molecule has 0 saturated heterocycles. The van der Waals surface area contributed by atoms with Gasteiger partial charge in [0.05, 0.1) is 22.8 Å². The van der Waals surface area contributed by atoms with E-state index in [0.717, 1.165) is 21.5 Å². The highest BCUT2D eigenvalue weighted by molar-refractivity contribution is 9.10. The molecule has 0 aliphatic rings. The fourth-order valence-electron chi connectivity index (χ4n) is 4.18. The summed E-state index contributed by atoms with van der Waals surface area (Å²) >= 11 is 6.17. The van der Waals surface area contributed by atoms with E-state index in [1.165, 1.54) is 48.8 Å². The maximum Gasteiger partial charge on any atom is 0.402 e. The van der Waals surface area contributed by atoms with E-state index in [0.29, 0.717) is 11.4 Å². The number of benzene rings is 2. The highest BCUT2D eigenvalue weighted by Gasteiger charge is 2.56. The lowest BCUT2D eigenvalue weighted by molar-refractivity contribution is -0.183. The molecule has 0 spiro atoms. The third kappa shape index (κ3) is 5.73. The third-order valence-corrected chi connectivity index (χ3v) is 6.75. The van der Waals surface area contributed by atoms with Gasteiger partial charge in [-0.2, -0.15) is 36.5 Å². The highest BCUT2D eigenvalue weighted by Crippen LogP contribution is 2.48. The molecular weight excluding hydrogens is 646 g/mol. The lowest BCUT2D eigenvalue weighted by Gasteiger charge is -2.29. The molecule has 0 amide bonds. The van der Waals surface area contributed by atoms with Gasteiger partial charge >= 0.3 is 12.4 Å². The van der Waals surface area contributed by atoms with Gasteiger partial charge in [-0.3, -0.25) is 4.79 Å². The van der Waals surface area contributed by atoms with Crippen LogP contribution in [0.5, 0.6) is 0 Å². The largest absolute Gasteiger partial charge is 0.402 e. The third-order valence-electron chi connectivity index (χ3n) is 5.76. The summed E-state index contributed by atoms with van der Waals surface area (Å²) in [6, 6.07) is 10.4. The van der Waals surface area contributed by atoms with E-state index < -0.39 is 41.1 Å². The van der Waals surface area contributed by atoms with Crippen LogP contribution >= 0.6 is 31.9 Å². The van der Waals surface area contributed by atoms with Crippen molar-refractivity contribution in [1.82, 2.24) is 19.6 Å². The topological polar surface area (TPSA) is 52.7 Å². The number of aryl methyl sites for hydroxylation is 2. The summed E-state index contributed by atoms with van der Waals surface area (Å²) in [5, 5.41) is 8.19. The Bertz CT molecular complexity index is 1380. The minimum absolute atomic E-state index is 0.154. The smallest absolute Gasteiger partial charge is 0.298 e. The van der Waals surface area contributed by atoms with Crippen molar-refractivity contribution in [3.63, 3.8) is 0 Å². The summed E-state index contributed by atoms with van der Waals surface area (Å²) < 4.78 is 90.1. The van der Waals surface area contributed by atoms with Gasteiger partial charge in [0, 0.05) is 21.3 Å². The maximum atomic E-state index is 14.6. The molecule has 0 saturated carbocycles. The van der Waals surface area contributed by atoms with Gasteiger partial charge in [-0.05, 0) is 73.5 Å². The second-order valence-electron chi connectivity index (χ2n) is 8.56. The van der Waals surface area contributed by atoms with Gasteiger partial charge in [-0.15, -0.1) is 0 Å². The van der Waals surface area contributed by atoms with Gasteiger partial charge in [-0.25, -0.2) is 9.36 Å². The lowest BCUT2D eigenvalue weighted by Crippen LogP contribution is -2.39. The summed E-state index contributed by atoms with van der Waals surface area (Å²) in [6.45, 7) is 3.21. The molecule has 0 aliphatic heterocycles. The van der Waals surface area contributed by atoms with Crippen molar-refractivity contribution >= 4 is 37.6 Å². The van der Waals surface area contributed by atoms with E-state index in [9.17, 15) is 31.1 Å². The molecule has 0 bridgehead atoms. The van der Waals surface area contributed by atoms with Crippen LogP contribution in [-0.4, -0.2) is 37.7 Å². The lowest BCUT2D eigenvalue weighted by atomic mass is 9.81. The van der Waals surface area contributed by atoms with E-state index in [4.69, 9.17) is 0 Å². The van der Waals surface area contributed by atoms with Crippen molar-refractivity contribution in [2.24, 2.45) is 0 Å². The molecule has 0 fully saturated rings. The number of aromatic nitrogens is 4. The molecule has 2 unspecified atom stereocenters. The second kappa shape index (κ2) is 10.3. The Balaban J connectivity index is 1.96. The van der Waals surface area contributed by atoms with E-state index >= 15 is 0 Å². The second-order valence-corrected chi connectivity index (χ2v) is 10.4. The summed E-state index contributed by atoms with van der Waals surface area (Å²) in [5.41, 5.74) is -0.739. The summed E-state index contributed by atoms with van der Waals surface area (Å²) in [5.74, 6) is -8.30. The quantitative estimate of drug-likeness (QED) is 0.198. The Kier molecular flexibility index (Phi) is 7.63. The van der Waals surface area contributed by atoms with Crippen LogP contribution in [0.15, 0.2) is 69.9 Å². The van der Waals surface area contributed by atoms with Crippen LogP contribution in [0.1, 0.15) is 34.4 Å². The molecule has 0 aliphatic carbocycles. The molecule has 13 heteroatoms. The Labute approximate surface area is 229 Å². The minimum atomic E-state index is -5.35. The summed E-state index contributed by atoms with van der Waals surface area (Å²) in [4.78, 5) is 13.6. The molecule has 38 heavy (non-hydrogen) atoms. The van der Waals surface area contributed by atoms with Crippen LogP contribution in [-0.2, 0) is 4.79 Å². The number of nitrogens with zero attached hydrogens (tertiary/aromatic N) is 4. The molecule has 5 nitrogen and oxygen atoms in total. The van der Waals surface area contributed by atoms with Crippen LogP contribution in [0.25, 0.3) is 11.4 Å². The monoisotopic (exact) mass is 662 g/mol. The molecule has 0 radical (unpaired) electrons. The normalized spacial score (nSPS) is 13.9. The van der Waals surface area contributed by atoms with Crippen LogP contribution in [0.4, 0.5) is 26.3 Å². The fraction of sp³-hybridized carbons (Fsp3) is 0.240. The molecule has 2 aromatic carbocycles. The van der Waals surface area contributed by atoms with Gasteiger partial charge in [0.25, 0.3) is 0 Å². The van der Waals surface area contributed by atoms with Crippen molar-refractivity contribution in [3.05, 3.63) is 92.4 Å². The summed E-state index contributed by atoms with van der Waals surface area (Å²) in [6.07, 6.45) is -7.97. The van der Waals surface area contributed by atoms with Crippen LogP contribution in [0, 0.1) is 13.8 Å². The molecule has 2 heterocycles. The van der Waals surface area contributed by atoms with Gasteiger partial charge in [0.1, 0.15) is 11.8 Å². The number of hydrogen-bond donors (Lipinski definition) is 0. The number of carbonyl (C=O) groups excluding carboxylic acids is 1. The maximum absolute atomic E-state index is 14.6. The van der Waals surface area contributed by atoms with Gasteiger partial charge in [0.2, 0.25) is 0 Å². The average molecular weight is 664 g/mol. The molecule has 2 atom stereocenters. The Morgan fingerprint density at radius 3 is 1.37 bits per heavy atom. The number of Topliss-reactive ketones (excluding diaryl/α,β-unsaturated/α-hetero) is 1. The first-order chi connectivity index (χ1) is 17.7. The first kappa shape index (κ1) is 28.1. The van der Waals surface area contributed by atoms with Crippen molar-refractivity contribution < 1.29 is 31.1 Å². The number of ketones is 1. The van der Waals surface area contributed by atoms with Crippen molar-refractivity contribution in [2.75, 3.05) is 0 Å². The number of alkyl halides is 6. The molecule has 2 aromatic heterocycles. The molecule has 200 valence electrons. The first-order valence-corrected chi connectivity index (χ1v) is 12.6. The minimum Gasteiger partial charge on any atom is -0.298 e. The van der Waals surface area contributed by atoms with Crippen LogP contribution < -0.4 is 0 Å². The van der Waals surface area contributed by atoms with Gasteiger partial charge in [0.15, 0.2) is 5.78 Å². The van der Waals surface area contributed by atoms with Crippen molar-refractivity contribution in [2.45, 2.75) is 38.0 Å². The Morgan fingerprint density at radius 2 is 1.08 bits per heavy atom. The number of carbonyl (C=O) groups is 1. The van der Waals surface area contributed by atoms with Gasteiger partial charge < -0.3 is 0 Å². The predicted octanol–water partition coefficient (Wildman–Crippen LogP) is 7.76. The highest BCUT2D eigenvalue weighted by atomic mass is 79.9. The van der Waals surface area contributed by atoms with E-state index in [-0.39, 0.29) is 20.3 Å². The Hall–Kier alpha value is -2.93. The van der Waals surface area contributed by atoms with E-state index in [2.05, 4.69) is 42.1 Å². The summed E-state index contributed by atoms with van der Waals surface area (Å²) in [7, 11) is 0. The molecule has 4 rings (SSSR count). The zero-order valence-corrected chi connectivity index (χ0v) is 22.8.